The predicted molar refractivity (Wildman–Crippen MR) is 350 cm³/mol. The molecular formula is C76H93BN2S. The van der Waals surface area contributed by atoms with Gasteiger partial charge in [-0.05, 0) is 244 Å². The van der Waals surface area contributed by atoms with Crippen LogP contribution in [0.3, 0.4) is 0 Å². The number of aryl methyl sites for hydroxylation is 1. The molecule has 7 aromatic rings. The first-order chi connectivity index (χ1) is 37.1. The van der Waals surface area contributed by atoms with Crippen molar-refractivity contribution in [1.29, 1.82) is 0 Å². The van der Waals surface area contributed by atoms with E-state index in [1.807, 2.05) is 11.3 Å². The molecule has 0 unspecified atom stereocenters. The van der Waals surface area contributed by atoms with Gasteiger partial charge in [0.2, 0.25) is 0 Å². The van der Waals surface area contributed by atoms with E-state index in [9.17, 15) is 0 Å². The summed E-state index contributed by atoms with van der Waals surface area (Å²) in [6, 6.07) is 38.9. The van der Waals surface area contributed by atoms with Gasteiger partial charge in [-0.1, -0.05) is 180 Å². The molecule has 6 aliphatic rings. The number of hydrogen-bond donors (Lipinski definition) is 0. The van der Waals surface area contributed by atoms with Crippen molar-refractivity contribution in [1.82, 2.24) is 0 Å². The summed E-state index contributed by atoms with van der Waals surface area (Å²) in [5, 5.41) is 2.78. The molecule has 0 saturated carbocycles. The molecule has 4 heteroatoms. The zero-order valence-corrected chi connectivity index (χ0v) is 53.7. The third-order valence-corrected chi connectivity index (χ3v) is 23.6. The third kappa shape index (κ3) is 8.02. The average Bonchev–Trinajstić information content (AvgIpc) is 3.88. The smallest absolute Gasteiger partial charge is 0.254 e. The van der Waals surface area contributed by atoms with Crippen LogP contribution >= 0.6 is 11.3 Å². The van der Waals surface area contributed by atoms with Gasteiger partial charge in [0.25, 0.3) is 6.71 Å². The number of rotatable bonds is 3. The van der Waals surface area contributed by atoms with Crippen LogP contribution in [0.25, 0.3) is 21.2 Å². The average molecular weight is 1080 g/mol. The summed E-state index contributed by atoms with van der Waals surface area (Å²) in [5.74, 6) is 0. The highest BCUT2D eigenvalue weighted by molar-refractivity contribution is 7.26. The van der Waals surface area contributed by atoms with Crippen molar-refractivity contribution in [2.24, 2.45) is 0 Å². The molecule has 0 bridgehead atoms. The number of fused-ring (bicyclic) bond motifs is 10. The Morgan fingerprint density at radius 1 is 0.412 bits per heavy atom. The molecule has 2 aliphatic heterocycles. The van der Waals surface area contributed by atoms with Crippen LogP contribution in [0.2, 0.25) is 0 Å². The second-order valence-electron chi connectivity index (χ2n) is 32.9. The van der Waals surface area contributed by atoms with E-state index >= 15 is 0 Å². The van der Waals surface area contributed by atoms with Gasteiger partial charge in [-0.3, -0.25) is 0 Å². The molecule has 80 heavy (non-hydrogen) atoms. The van der Waals surface area contributed by atoms with E-state index in [1.54, 1.807) is 5.56 Å². The SMILES string of the molecule is Cc1cc(N2c3cc4c(cc3B3c5c2cc(-c2ccc6c(c2)C(C)(C)CCC6(C)C)cc5N(c2ccc5c(c2)C(C)(C)CCCC5(C)C)c2sc5ccc(C(C)(C)C)cc5c23)C(C)(C)CCC4(C)C)cc2c1C(C)(C)CCC2(C)C. The van der Waals surface area contributed by atoms with E-state index in [-0.39, 0.29) is 55.4 Å². The first kappa shape index (κ1) is 54.2. The Morgan fingerprint density at radius 2 is 0.912 bits per heavy atom. The van der Waals surface area contributed by atoms with Crippen molar-refractivity contribution >= 4 is 78.0 Å². The fourth-order valence-corrected chi connectivity index (χ4v) is 18.0. The fraction of sp³-hybridized carbons (Fsp3) is 0.500. The van der Waals surface area contributed by atoms with Gasteiger partial charge in [0.15, 0.2) is 0 Å². The summed E-state index contributed by atoms with van der Waals surface area (Å²) in [6.45, 7) is 49.7. The quantitative estimate of drug-likeness (QED) is 0.129. The van der Waals surface area contributed by atoms with Gasteiger partial charge in [0.05, 0.1) is 5.00 Å². The standard InChI is InChI=1S/C76H93BN2S/c1-45-36-50(42-58-64(45)76(19,20)35-34-75(58,17)18)78-60-44-57-56(73(13,14)32-33-74(57,15)16)43-59(60)77-65-51-40-48(68(2,3)4)23-27-63(51)80-67(65)79(49-24-26-53-55(41-49)70(7,8)29-21-28-69(53,5)6)62-39-47(38-61(78)66(62)77)46-22-25-52-54(37-46)72(11,12)31-30-71(52,9)10/h22-27,36-44H,21,28-35H2,1-20H3. The second kappa shape index (κ2) is 17.0. The maximum atomic E-state index is 2.81. The monoisotopic (exact) mass is 1080 g/mol. The molecule has 1 aromatic heterocycles. The Balaban J connectivity index is 1.21. The molecule has 0 spiro atoms. The Bertz CT molecular complexity index is 3780. The lowest BCUT2D eigenvalue weighted by molar-refractivity contribution is 0.330. The van der Waals surface area contributed by atoms with Crippen LogP contribution in [0.5, 0.6) is 0 Å². The van der Waals surface area contributed by atoms with Gasteiger partial charge in [-0.15, -0.1) is 11.3 Å². The molecule has 0 atom stereocenters. The van der Waals surface area contributed by atoms with Crippen molar-refractivity contribution in [3.05, 3.63) is 147 Å². The minimum absolute atomic E-state index is 0.00796. The van der Waals surface area contributed by atoms with E-state index in [0.29, 0.717) is 0 Å². The van der Waals surface area contributed by atoms with E-state index in [4.69, 9.17) is 0 Å². The fourth-order valence-electron chi connectivity index (χ4n) is 16.8. The summed E-state index contributed by atoms with van der Waals surface area (Å²) in [7, 11) is 0. The summed E-state index contributed by atoms with van der Waals surface area (Å²) in [5.41, 5.74) is 29.1. The molecule has 6 aromatic carbocycles. The Hall–Kier alpha value is -5.06. The topological polar surface area (TPSA) is 6.48 Å². The number of benzene rings is 6. The van der Waals surface area contributed by atoms with Crippen molar-refractivity contribution in [3.63, 3.8) is 0 Å². The molecule has 0 amide bonds. The van der Waals surface area contributed by atoms with E-state index in [2.05, 4.69) is 239 Å². The lowest BCUT2D eigenvalue weighted by Gasteiger charge is -2.48. The van der Waals surface area contributed by atoms with Crippen molar-refractivity contribution in [2.75, 3.05) is 9.80 Å². The third-order valence-electron chi connectivity index (χ3n) is 22.4. The highest BCUT2D eigenvalue weighted by Gasteiger charge is 2.50. The highest BCUT2D eigenvalue weighted by Crippen LogP contribution is 2.57. The Labute approximate surface area is 487 Å². The molecule has 0 fully saturated rings. The normalized spacial score (nSPS) is 21.8. The number of nitrogens with zero attached hydrogens (tertiary/aromatic N) is 2. The van der Waals surface area contributed by atoms with Gasteiger partial charge >= 0.3 is 0 Å². The van der Waals surface area contributed by atoms with Crippen LogP contribution in [0.1, 0.15) is 245 Å². The minimum atomic E-state index is -0.00796. The number of thiophene rings is 1. The molecule has 0 saturated heterocycles. The van der Waals surface area contributed by atoms with E-state index in [0.717, 1.165) is 0 Å². The molecule has 0 radical (unpaired) electrons. The van der Waals surface area contributed by atoms with Crippen LogP contribution in [0, 0.1) is 6.92 Å². The predicted octanol–water partition coefficient (Wildman–Crippen LogP) is 20.0. The second-order valence-corrected chi connectivity index (χ2v) is 33.9. The zero-order valence-electron chi connectivity index (χ0n) is 52.9. The van der Waals surface area contributed by atoms with Crippen LogP contribution < -0.4 is 26.2 Å². The van der Waals surface area contributed by atoms with Gasteiger partial charge in [-0.25, -0.2) is 0 Å². The first-order valence-corrected chi connectivity index (χ1v) is 31.9. The van der Waals surface area contributed by atoms with Gasteiger partial charge in [-0.2, -0.15) is 0 Å². The van der Waals surface area contributed by atoms with Gasteiger partial charge in [0.1, 0.15) is 0 Å². The largest absolute Gasteiger partial charge is 0.311 e. The molecule has 2 nitrogen and oxygen atoms in total. The number of anilines is 6. The highest BCUT2D eigenvalue weighted by atomic mass is 32.1. The summed E-state index contributed by atoms with van der Waals surface area (Å²) in [4.78, 5) is 5.59. The molecule has 0 N–H and O–H groups in total. The Kier molecular flexibility index (Phi) is 11.5. The van der Waals surface area contributed by atoms with Crippen LogP contribution in [-0.2, 0) is 48.7 Å². The molecular weight excluding hydrogens is 984 g/mol. The van der Waals surface area contributed by atoms with Gasteiger partial charge < -0.3 is 9.80 Å². The van der Waals surface area contributed by atoms with Crippen LogP contribution in [-0.4, -0.2) is 6.71 Å². The minimum Gasteiger partial charge on any atom is -0.311 e. The molecule has 13 rings (SSSR count). The van der Waals surface area contributed by atoms with Crippen LogP contribution in [0.15, 0.2) is 91.0 Å². The van der Waals surface area contributed by atoms with Crippen molar-refractivity contribution in [2.45, 2.75) is 245 Å². The maximum absolute atomic E-state index is 2.81. The summed E-state index contributed by atoms with van der Waals surface area (Å²) >= 11 is 2.03. The number of hydrogen-bond acceptors (Lipinski definition) is 3. The lowest BCUT2D eigenvalue weighted by Crippen LogP contribution is -2.61. The molecule has 3 heterocycles. The summed E-state index contributed by atoms with van der Waals surface area (Å²) < 4.78 is 1.37. The summed E-state index contributed by atoms with van der Waals surface area (Å²) in [6.07, 6.45) is 10.7. The van der Waals surface area contributed by atoms with Crippen molar-refractivity contribution in [3.8, 4) is 11.1 Å². The first-order valence-electron chi connectivity index (χ1n) is 31.1. The van der Waals surface area contributed by atoms with E-state index < -0.39 is 0 Å². The van der Waals surface area contributed by atoms with Crippen molar-refractivity contribution < 1.29 is 0 Å². The van der Waals surface area contributed by atoms with E-state index in [1.165, 1.54) is 179 Å². The van der Waals surface area contributed by atoms with Crippen LogP contribution in [0.4, 0.5) is 33.4 Å². The zero-order chi connectivity index (χ0) is 57.2. The van der Waals surface area contributed by atoms with Gasteiger partial charge in [0, 0.05) is 33.1 Å². The maximum Gasteiger partial charge on any atom is 0.254 e. The molecule has 416 valence electrons. The molecule has 4 aliphatic carbocycles. The lowest BCUT2D eigenvalue weighted by atomic mass is 9.33. The Morgan fingerprint density at radius 3 is 1.54 bits per heavy atom.